The van der Waals surface area contributed by atoms with Crippen LogP contribution in [0.4, 0.5) is 37.7 Å². The second-order valence-corrected chi connectivity index (χ2v) is 7.71. The van der Waals surface area contributed by atoms with E-state index in [2.05, 4.69) is 5.32 Å². The first kappa shape index (κ1) is 24.1. The molecule has 0 atom stereocenters. The molecule has 1 fully saturated rings. The molecule has 0 aliphatic carbocycles. The third-order valence-corrected chi connectivity index (χ3v) is 5.60. The smallest absolute Gasteiger partial charge is 0.261 e. The van der Waals surface area contributed by atoms with E-state index in [9.17, 15) is 35.9 Å². The van der Waals surface area contributed by atoms with Gasteiger partial charge >= 0.3 is 0 Å². The summed E-state index contributed by atoms with van der Waals surface area (Å²) in [4.78, 5) is 28.2. The fraction of sp³-hybridized carbons (Fsp3) is 0.167. The Kier molecular flexibility index (Phi) is 6.68. The largest absolute Gasteiger partial charge is 0.368 e. The predicted octanol–water partition coefficient (Wildman–Crippen LogP) is 4.74. The van der Waals surface area contributed by atoms with Crippen LogP contribution in [0.15, 0.2) is 48.5 Å². The number of carbonyl (C=O) groups is 2. The summed E-state index contributed by atoms with van der Waals surface area (Å²) in [7, 11) is 0. The van der Waals surface area contributed by atoms with Gasteiger partial charge in [0.25, 0.3) is 11.8 Å². The molecule has 5 nitrogen and oxygen atoms in total. The number of benzene rings is 3. The summed E-state index contributed by atoms with van der Waals surface area (Å²) < 4.78 is 81.5. The van der Waals surface area contributed by atoms with Gasteiger partial charge in [-0.1, -0.05) is 12.1 Å². The van der Waals surface area contributed by atoms with Gasteiger partial charge in [-0.25, -0.2) is 26.3 Å². The van der Waals surface area contributed by atoms with Gasteiger partial charge in [0.15, 0.2) is 23.3 Å². The number of rotatable bonds is 4. The molecular weight excluding hydrogens is 476 g/mol. The number of nitrogens with zero attached hydrogens (tertiary/aromatic N) is 2. The third-order valence-electron chi connectivity index (χ3n) is 5.60. The molecular formula is C24H17F6N3O2. The van der Waals surface area contributed by atoms with E-state index in [1.807, 2.05) is 4.90 Å². The Morgan fingerprint density at radius 3 is 1.80 bits per heavy atom. The van der Waals surface area contributed by atoms with Crippen molar-refractivity contribution in [3.63, 3.8) is 0 Å². The zero-order valence-electron chi connectivity index (χ0n) is 17.9. The van der Waals surface area contributed by atoms with Crippen molar-refractivity contribution in [1.29, 1.82) is 0 Å². The SMILES string of the molecule is O=C(Nc1ccc(N2CCN(C(=O)c3ccccc3F)CC2)cc1)c1c(F)c(F)c(F)c(F)c1F. The third kappa shape index (κ3) is 4.66. The quantitative estimate of drug-likeness (QED) is 0.325. The molecule has 3 aromatic rings. The zero-order valence-corrected chi connectivity index (χ0v) is 17.9. The van der Waals surface area contributed by atoms with E-state index in [1.165, 1.54) is 35.2 Å². The highest BCUT2D eigenvalue weighted by Gasteiger charge is 2.30. The van der Waals surface area contributed by atoms with Crippen LogP contribution in [0.5, 0.6) is 0 Å². The summed E-state index contributed by atoms with van der Waals surface area (Å²) in [5.74, 6) is -13.7. The number of carbonyl (C=O) groups excluding carboxylic acids is 2. The Balaban J connectivity index is 1.40. The van der Waals surface area contributed by atoms with E-state index in [4.69, 9.17) is 0 Å². The van der Waals surface area contributed by atoms with Crippen molar-refractivity contribution < 1.29 is 35.9 Å². The Morgan fingerprint density at radius 1 is 0.686 bits per heavy atom. The Hall–Kier alpha value is -4.02. The van der Waals surface area contributed by atoms with E-state index in [1.54, 1.807) is 18.2 Å². The molecule has 2 amide bonds. The fourth-order valence-corrected chi connectivity index (χ4v) is 3.73. The number of anilines is 2. The van der Waals surface area contributed by atoms with Gasteiger partial charge in [-0.05, 0) is 36.4 Å². The number of amides is 2. The number of halogens is 6. The number of hydrogen-bond donors (Lipinski definition) is 1. The van der Waals surface area contributed by atoms with Crippen molar-refractivity contribution in [2.75, 3.05) is 36.4 Å². The Labute approximate surface area is 195 Å². The van der Waals surface area contributed by atoms with E-state index in [0.717, 1.165) is 0 Å². The summed E-state index contributed by atoms with van der Waals surface area (Å²) in [6, 6.07) is 11.7. The minimum Gasteiger partial charge on any atom is -0.368 e. The van der Waals surface area contributed by atoms with Gasteiger partial charge in [-0.2, -0.15) is 0 Å². The van der Waals surface area contributed by atoms with Gasteiger partial charge in [0, 0.05) is 37.6 Å². The van der Waals surface area contributed by atoms with E-state index >= 15 is 0 Å². The lowest BCUT2D eigenvalue weighted by Gasteiger charge is -2.36. The topological polar surface area (TPSA) is 52.7 Å². The first-order valence-corrected chi connectivity index (χ1v) is 10.4. The molecule has 0 saturated carbocycles. The van der Waals surface area contributed by atoms with Crippen molar-refractivity contribution in [2.45, 2.75) is 0 Å². The van der Waals surface area contributed by atoms with Gasteiger partial charge in [0.05, 0.1) is 5.56 Å². The fourth-order valence-electron chi connectivity index (χ4n) is 3.73. The molecule has 182 valence electrons. The summed E-state index contributed by atoms with van der Waals surface area (Å²) in [5, 5.41) is 2.11. The lowest BCUT2D eigenvalue weighted by molar-refractivity contribution is 0.0742. The van der Waals surface area contributed by atoms with Crippen molar-refractivity contribution in [2.24, 2.45) is 0 Å². The molecule has 1 aliphatic heterocycles. The van der Waals surface area contributed by atoms with Crippen molar-refractivity contribution in [3.05, 3.63) is 94.6 Å². The van der Waals surface area contributed by atoms with Crippen LogP contribution in [0, 0.1) is 34.9 Å². The summed E-state index contributed by atoms with van der Waals surface area (Å²) >= 11 is 0. The monoisotopic (exact) mass is 493 g/mol. The van der Waals surface area contributed by atoms with Crippen LogP contribution in [0.1, 0.15) is 20.7 Å². The molecule has 11 heteroatoms. The maximum absolute atomic E-state index is 13.9. The van der Waals surface area contributed by atoms with Crippen LogP contribution in [-0.2, 0) is 0 Å². The zero-order chi connectivity index (χ0) is 25.3. The van der Waals surface area contributed by atoms with Gasteiger partial charge in [0.2, 0.25) is 5.82 Å². The lowest BCUT2D eigenvalue weighted by atomic mass is 10.1. The summed E-state index contributed by atoms with van der Waals surface area (Å²) in [6.07, 6.45) is 0. The highest BCUT2D eigenvalue weighted by Crippen LogP contribution is 2.25. The van der Waals surface area contributed by atoms with Crippen LogP contribution < -0.4 is 10.2 Å². The standard InChI is InChI=1S/C24H17F6N3O2/c25-16-4-2-1-3-15(16)24(35)33-11-9-32(10-12-33)14-7-5-13(6-8-14)31-23(34)17-18(26)20(28)22(30)21(29)19(17)27/h1-8H,9-12H2,(H,31,34). The Morgan fingerprint density at radius 2 is 1.23 bits per heavy atom. The molecule has 4 rings (SSSR count). The van der Waals surface area contributed by atoms with Gasteiger partial charge in [0.1, 0.15) is 11.4 Å². The van der Waals surface area contributed by atoms with Crippen LogP contribution in [-0.4, -0.2) is 42.9 Å². The summed E-state index contributed by atoms with van der Waals surface area (Å²) in [5.41, 5.74) is -0.816. The second kappa shape index (κ2) is 9.69. The van der Waals surface area contributed by atoms with Gasteiger partial charge in [-0.3, -0.25) is 9.59 Å². The molecule has 1 aliphatic rings. The summed E-state index contributed by atoms with van der Waals surface area (Å²) in [6.45, 7) is 1.56. The average molecular weight is 493 g/mol. The molecule has 35 heavy (non-hydrogen) atoms. The second-order valence-electron chi connectivity index (χ2n) is 7.71. The normalized spacial score (nSPS) is 13.7. The number of hydrogen-bond acceptors (Lipinski definition) is 3. The van der Waals surface area contributed by atoms with Crippen molar-refractivity contribution >= 4 is 23.2 Å². The maximum atomic E-state index is 13.9. The minimum absolute atomic E-state index is 0.00478. The molecule has 0 spiro atoms. The van der Waals surface area contributed by atoms with Crippen LogP contribution in [0.2, 0.25) is 0 Å². The van der Waals surface area contributed by atoms with E-state index < -0.39 is 52.3 Å². The number of nitrogens with one attached hydrogen (secondary N) is 1. The molecule has 0 radical (unpaired) electrons. The minimum atomic E-state index is -2.35. The highest BCUT2D eigenvalue weighted by molar-refractivity contribution is 6.04. The first-order chi connectivity index (χ1) is 16.7. The first-order valence-electron chi connectivity index (χ1n) is 10.4. The van der Waals surface area contributed by atoms with Gasteiger partial charge < -0.3 is 15.1 Å². The molecule has 3 aromatic carbocycles. The maximum Gasteiger partial charge on any atom is 0.261 e. The average Bonchev–Trinajstić information content (AvgIpc) is 2.87. The Bertz CT molecular complexity index is 1260. The molecule has 0 aromatic heterocycles. The van der Waals surface area contributed by atoms with E-state index in [-0.39, 0.29) is 11.3 Å². The van der Waals surface area contributed by atoms with Crippen molar-refractivity contribution in [1.82, 2.24) is 4.90 Å². The van der Waals surface area contributed by atoms with Crippen molar-refractivity contribution in [3.8, 4) is 0 Å². The molecule has 0 bridgehead atoms. The predicted molar refractivity (Wildman–Crippen MR) is 115 cm³/mol. The molecule has 0 unspecified atom stereocenters. The lowest BCUT2D eigenvalue weighted by Crippen LogP contribution is -2.49. The van der Waals surface area contributed by atoms with Crippen LogP contribution in [0.3, 0.4) is 0 Å². The molecule has 1 saturated heterocycles. The molecule has 1 heterocycles. The van der Waals surface area contributed by atoms with Crippen LogP contribution in [0.25, 0.3) is 0 Å². The molecule has 1 N–H and O–H groups in total. The van der Waals surface area contributed by atoms with Gasteiger partial charge in [-0.15, -0.1) is 0 Å². The van der Waals surface area contributed by atoms with E-state index in [0.29, 0.717) is 31.9 Å². The van der Waals surface area contributed by atoms with Crippen LogP contribution >= 0.6 is 0 Å². The number of piperazine rings is 1. The highest BCUT2D eigenvalue weighted by atomic mass is 19.2.